The fraction of sp³-hybridized carbons (Fsp3) is 0.286. The number of hydrogen-bond acceptors (Lipinski definition) is 2. The molecule has 0 saturated heterocycles. The molecule has 2 aromatic carbocycles. The lowest BCUT2D eigenvalue weighted by molar-refractivity contribution is -0.111. The minimum atomic E-state index is -0.150. The van der Waals surface area contributed by atoms with Gasteiger partial charge in [-0.3, -0.25) is 4.79 Å². The standard InChI is InChI=1S/C21H25NO2/c1-15-14-18(24-5)11-12-19(15)22-20(23)13-8-16-6-9-17(10-7-16)21(2,3)4/h6-14H,1-5H3,(H,22,23). The summed E-state index contributed by atoms with van der Waals surface area (Å²) in [5, 5.41) is 2.89. The van der Waals surface area contributed by atoms with E-state index in [-0.39, 0.29) is 11.3 Å². The van der Waals surface area contributed by atoms with Gasteiger partial charge in [0, 0.05) is 11.8 Å². The Hall–Kier alpha value is -2.55. The number of aryl methyl sites for hydroxylation is 1. The maximum atomic E-state index is 12.1. The Morgan fingerprint density at radius 2 is 1.75 bits per heavy atom. The van der Waals surface area contributed by atoms with Gasteiger partial charge in [0.05, 0.1) is 7.11 Å². The topological polar surface area (TPSA) is 38.3 Å². The monoisotopic (exact) mass is 323 g/mol. The molecule has 0 fully saturated rings. The first-order chi connectivity index (χ1) is 11.3. The van der Waals surface area contributed by atoms with Gasteiger partial charge in [-0.05, 0) is 53.3 Å². The Morgan fingerprint density at radius 1 is 1.08 bits per heavy atom. The lowest BCUT2D eigenvalue weighted by Crippen LogP contribution is -2.10. The number of carbonyl (C=O) groups is 1. The van der Waals surface area contributed by atoms with Crippen molar-refractivity contribution in [1.82, 2.24) is 0 Å². The van der Waals surface area contributed by atoms with Gasteiger partial charge < -0.3 is 10.1 Å². The summed E-state index contributed by atoms with van der Waals surface area (Å²) in [4.78, 5) is 12.1. The van der Waals surface area contributed by atoms with Crippen LogP contribution in [0, 0.1) is 6.92 Å². The van der Waals surface area contributed by atoms with E-state index in [1.54, 1.807) is 13.2 Å². The highest BCUT2D eigenvalue weighted by atomic mass is 16.5. The second kappa shape index (κ2) is 7.35. The third-order valence-electron chi connectivity index (χ3n) is 3.90. The summed E-state index contributed by atoms with van der Waals surface area (Å²) in [6.07, 6.45) is 3.37. The molecule has 0 aliphatic heterocycles. The number of rotatable bonds is 4. The first-order valence-electron chi connectivity index (χ1n) is 8.04. The first kappa shape index (κ1) is 17.8. The number of nitrogens with one attached hydrogen (secondary N) is 1. The van der Waals surface area contributed by atoms with Crippen molar-refractivity contribution < 1.29 is 9.53 Å². The van der Waals surface area contributed by atoms with Gasteiger partial charge in [-0.15, -0.1) is 0 Å². The van der Waals surface area contributed by atoms with E-state index in [9.17, 15) is 4.79 Å². The number of amides is 1. The highest BCUT2D eigenvalue weighted by Gasteiger charge is 2.12. The van der Waals surface area contributed by atoms with Crippen LogP contribution in [0.25, 0.3) is 6.08 Å². The quantitative estimate of drug-likeness (QED) is 0.808. The molecule has 0 aliphatic rings. The fourth-order valence-electron chi connectivity index (χ4n) is 2.34. The second-order valence-electron chi connectivity index (χ2n) is 6.88. The Kier molecular flexibility index (Phi) is 5.45. The summed E-state index contributed by atoms with van der Waals surface area (Å²) < 4.78 is 5.17. The zero-order valence-electron chi connectivity index (χ0n) is 15.0. The van der Waals surface area contributed by atoms with Crippen LogP contribution in [0.5, 0.6) is 5.75 Å². The van der Waals surface area contributed by atoms with E-state index >= 15 is 0 Å². The van der Waals surface area contributed by atoms with Crippen molar-refractivity contribution in [3.63, 3.8) is 0 Å². The fourth-order valence-corrected chi connectivity index (χ4v) is 2.34. The van der Waals surface area contributed by atoms with Crippen LogP contribution in [0.4, 0.5) is 5.69 Å². The highest BCUT2D eigenvalue weighted by Crippen LogP contribution is 2.23. The molecule has 0 atom stereocenters. The van der Waals surface area contributed by atoms with E-state index in [2.05, 4.69) is 38.2 Å². The van der Waals surface area contributed by atoms with Crippen LogP contribution < -0.4 is 10.1 Å². The number of ether oxygens (including phenoxy) is 1. The maximum Gasteiger partial charge on any atom is 0.248 e. The van der Waals surface area contributed by atoms with Crippen molar-refractivity contribution in [2.75, 3.05) is 12.4 Å². The van der Waals surface area contributed by atoms with Crippen molar-refractivity contribution in [3.05, 3.63) is 65.2 Å². The van der Waals surface area contributed by atoms with Gasteiger partial charge in [0.2, 0.25) is 5.91 Å². The Bertz CT molecular complexity index is 737. The van der Waals surface area contributed by atoms with Crippen molar-refractivity contribution in [1.29, 1.82) is 0 Å². The third kappa shape index (κ3) is 4.72. The molecule has 126 valence electrons. The molecule has 3 heteroatoms. The maximum absolute atomic E-state index is 12.1. The zero-order chi connectivity index (χ0) is 17.7. The largest absolute Gasteiger partial charge is 0.497 e. The predicted octanol–water partition coefficient (Wildman–Crippen LogP) is 4.95. The third-order valence-corrected chi connectivity index (χ3v) is 3.90. The van der Waals surface area contributed by atoms with E-state index in [1.165, 1.54) is 5.56 Å². The van der Waals surface area contributed by atoms with Crippen LogP contribution >= 0.6 is 0 Å². The smallest absolute Gasteiger partial charge is 0.248 e. The van der Waals surface area contributed by atoms with E-state index in [4.69, 9.17) is 4.74 Å². The van der Waals surface area contributed by atoms with Gasteiger partial charge in [-0.25, -0.2) is 0 Å². The van der Waals surface area contributed by atoms with E-state index < -0.39 is 0 Å². The molecule has 0 unspecified atom stereocenters. The molecule has 0 saturated carbocycles. The Balaban J connectivity index is 2.03. The summed E-state index contributed by atoms with van der Waals surface area (Å²) in [6.45, 7) is 8.49. The molecule has 0 aromatic heterocycles. The number of carbonyl (C=O) groups excluding carboxylic acids is 1. The van der Waals surface area contributed by atoms with Crippen molar-refractivity contribution >= 4 is 17.7 Å². The van der Waals surface area contributed by atoms with Gasteiger partial charge >= 0.3 is 0 Å². The second-order valence-corrected chi connectivity index (χ2v) is 6.88. The number of anilines is 1. The molecule has 2 aromatic rings. The van der Waals surface area contributed by atoms with Crippen LogP contribution in [0.3, 0.4) is 0 Å². The van der Waals surface area contributed by atoms with E-state index in [0.717, 1.165) is 22.6 Å². The molecule has 0 spiro atoms. The lowest BCUT2D eigenvalue weighted by atomic mass is 9.87. The summed E-state index contributed by atoms with van der Waals surface area (Å²) in [6, 6.07) is 13.8. The van der Waals surface area contributed by atoms with Crippen molar-refractivity contribution in [2.24, 2.45) is 0 Å². The first-order valence-corrected chi connectivity index (χ1v) is 8.04. The van der Waals surface area contributed by atoms with Gasteiger partial charge in [0.25, 0.3) is 0 Å². The van der Waals surface area contributed by atoms with Crippen LogP contribution in [0.2, 0.25) is 0 Å². The molecule has 0 aliphatic carbocycles. The van der Waals surface area contributed by atoms with Crippen LogP contribution in [-0.4, -0.2) is 13.0 Å². The zero-order valence-corrected chi connectivity index (χ0v) is 15.0. The summed E-state index contributed by atoms with van der Waals surface area (Å²) >= 11 is 0. The summed E-state index contributed by atoms with van der Waals surface area (Å²) in [5.74, 6) is 0.628. The van der Waals surface area contributed by atoms with E-state index in [1.807, 2.05) is 43.3 Å². The average molecular weight is 323 g/mol. The number of hydrogen-bond donors (Lipinski definition) is 1. The Labute approximate surface area is 144 Å². The van der Waals surface area contributed by atoms with Crippen molar-refractivity contribution in [3.8, 4) is 5.75 Å². The summed E-state index contributed by atoms with van der Waals surface area (Å²) in [5.41, 5.74) is 4.16. The van der Waals surface area contributed by atoms with Crippen LogP contribution in [-0.2, 0) is 10.2 Å². The van der Waals surface area contributed by atoms with Gasteiger partial charge in [0.1, 0.15) is 5.75 Å². The molecule has 1 N–H and O–H groups in total. The number of benzene rings is 2. The molecule has 2 rings (SSSR count). The summed E-state index contributed by atoms with van der Waals surface area (Å²) in [7, 11) is 1.63. The average Bonchev–Trinajstić information content (AvgIpc) is 2.54. The molecular formula is C21H25NO2. The molecule has 24 heavy (non-hydrogen) atoms. The normalized spacial score (nSPS) is 11.5. The van der Waals surface area contributed by atoms with Crippen LogP contribution in [0.15, 0.2) is 48.5 Å². The van der Waals surface area contributed by atoms with Crippen LogP contribution in [0.1, 0.15) is 37.5 Å². The van der Waals surface area contributed by atoms with Crippen molar-refractivity contribution in [2.45, 2.75) is 33.1 Å². The minimum Gasteiger partial charge on any atom is -0.497 e. The van der Waals surface area contributed by atoms with Gasteiger partial charge in [-0.1, -0.05) is 45.0 Å². The molecule has 0 bridgehead atoms. The molecule has 0 heterocycles. The van der Waals surface area contributed by atoms with Gasteiger partial charge in [0.15, 0.2) is 0 Å². The molecule has 0 radical (unpaired) electrons. The highest BCUT2D eigenvalue weighted by molar-refractivity contribution is 6.02. The van der Waals surface area contributed by atoms with Gasteiger partial charge in [-0.2, -0.15) is 0 Å². The number of methoxy groups -OCH3 is 1. The van der Waals surface area contributed by atoms with E-state index in [0.29, 0.717) is 0 Å². The predicted molar refractivity (Wildman–Crippen MR) is 101 cm³/mol. The SMILES string of the molecule is COc1ccc(NC(=O)C=Cc2ccc(C(C)(C)C)cc2)c(C)c1. The molecular weight excluding hydrogens is 298 g/mol. The molecule has 1 amide bonds. The molecule has 3 nitrogen and oxygen atoms in total. The lowest BCUT2D eigenvalue weighted by Gasteiger charge is -2.18. The Morgan fingerprint density at radius 3 is 2.29 bits per heavy atom. The minimum absolute atomic E-state index is 0.130.